The lowest BCUT2D eigenvalue weighted by molar-refractivity contribution is 0.122. The average Bonchev–Trinajstić information content (AvgIpc) is 2.39. The van der Waals surface area contributed by atoms with Crippen LogP contribution in [-0.4, -0.2) is 61.1 Å². The summed E-state index contributed by atoms with van der Waals surface area (Å²) in [5, 5.41) is 3.28. The minimum absolute atomic E-state index is 0.0858. The maximum atomic E-state index is 13.8. The highest BCUT2D eigenvalue weighted by molar-refractivity contribution is 7.80. The van der Waals surface area contributed by atoms with Crippen molar-refractivity contribution in [1.29, 1.82) is 0 Å². The number of thiocarbonyl (C=S) groups is 1. The lowest BCUT2D eigenvalue weighted by Crippen LogP contribution is -2.52. The first-order valence-corrected chi connectivity index (χ1v) is 7.10. The molecule has 1 aromatic carbocycles. The summed E-state index contributed by atoms with van der Waals surface area (Å²) in [6.45, 7) is 3.94. The molecular weight excluding hydrogens is 275 g/mol. The molecule has 20 heavy (non-hydrogen) atoms. The van der Waals surface area contributed by atoms with Gasteiger partial charge in [0.25, 0.3) is 0 Å². The largest absolute Gasteiger partial charge is 0.389 e. The SMILES string of the molecule is CN1CCN(C)C(CNc2ccc(C(N)=S)c(F)c2)C1. The van der Waals surface area contributed by atoms with Crippen molar-refractivity contribution in [2.45, 2.75) is 6.04 Å². The molecule has 110 valence electrons. The Morgan fingerprint density at radius 1 is 1.45 bits per heavy atom. The Hall–Kier alpha value is -1.24. The number of nitrogens with two attached hydrogens (primary N) is 1. The topological polar surface area (TPSA) is 44.5 Å². The minimum atomic E-state index is -0.378. The van der Waals surface area contributed by atoms with Crippen LogP contribution >= 0.6 is 12.2 Å². The molecule has 1 heterocycles. The van der Waals surface area contributed by atoms with E-state index in [2.05, 4.69) is 29.2 Å². The standard InChI is InChI=1S/C14H21FN4S/c1-18-5-6-19(2)11(9-18)8-17-10-3-4-12(14(16)20)13(15)7-10/h3-4,7,11,17H,5-6,8-9H2,1-2H3,(H2,16,20). The van der Waals surface area contributed by atoms with E-state index >= 15 is 0 Å². The summed E-state index contributed by atoms with van der Waals surface area (Å²) >= 11 is 4.79. The molecule has 1 aromatic rings. The number of nitrogens with one attached hydrogen (secondary N) is 1. The van der Waals surface area contributed by atoms with E-state index in [0.29, 0.717) is 11.6 Å². The quantitative estimate of drug-likeness (QED) is 0.815. The van der Waals surface area contributed by atoms with Gasteiger partial charge in [0.15, 0.2) is 0 Å². The van der Waals surface area contributed by atoms with Crippen LogP contribution in [0.2, 0.25) is 0 Å². The van der Waals surface area contributed by atoms with Crippen LogP contribution < -0.4 is 11.1 Å². The van der Waals surface area contributed by atoms with E-state index in [1.165, 1.54) is 6.07 Å². The van der Waals surface area contributed by atoms with Gasteiger partial charge >= 0.3 is 0 Å². The average molecular weight is 296 g/mol. The van der Waals surface area contributed by atoms with Crippen LogP contribution in [0.5, 0.6) is 0 Å². The van der Waals surface area contributed by atoms with Crippen LogP contribution in [0.4, 0.5) is 10.1 Å². The van der Waals surface area contributed by atoms with Gasteiger partial charge in [0, 0.05) is 43.5 Å². The lowest BCUT2D eigenvalue weighted by Gasteiger charge is -2.37. The van der Waals surface area contributed by atoms with Crippen LogP contribution in [0.25, 0.3) is 0 Å². The first-order chi connectivity index (χ1) is 9.47. The molecule has 0 amide bonds. The summed E-state index contributed by atoms with van der Waals surface area (Å²) in [5.41, 5.74) is 6.49. The van der Waals surface area contributed by atoms with Crippen molar-refractivity contribution in [3.63, 3.8) is 0 Å². The van der Waals surface area contributed by atoms with Gasteiger partial charge < -0.3 is 16.0 Å². The van der Waals surface area contributed by atoms with Crippen molar-refractivity contribution in [3.05, 3.63) is 29.6 Å². The van der Waals surface area contributed by atoms with Crippen LogP contribution in [0.3, 0.4) is 0 Å². The number of nitrogens with zero attached hydrogens (tertiary/aromatic N) is 2. The molecule has 1 unspecified atom stereocenters. The normalized spacial score (nSPS) is 20.9. The molecule has 1 fully saturated rings. The van der Waals surface area contributed by atoms with Crippen LogP contribution in [0.15, 0.2) is 18.2 Å². The van der Waals surface area contributed by atoms with Crippen molar-refractivity contribution in [1.82, 2.24) is 9.80 Å². The highest BCUT2D eigenvalue weighted by atomic mass is 32.1. The minimum Gasteiger partial charge on any atom is -0.389 e. The van der Waals surface area contributed by atoms with Gasteiger partial charge in [-0.1, -0.05) is 12.2 Å². The third-order valence-corrected chi connectivity index (χ3v) is 3.98. The van der Waals surface area contributed by atoms with Gasteiger partial charge in [0.2, 0.25) is 0 Å². The molecule has 3 N–H and O–H groups in total. The third-order valence-electron chi connectivity index (χ3n) is 3.76. The van der Waals surface area contributed by atoms with Gasteiger partial charge in [0.1, 0.15) is 10.8 Å². The maximum Gasteiger partial charge on any atom is 0.135 e. The molecular formula is C14H21FN4S. The van der Waals surface area contributed by atoms with E-state index in [9.17, 15) is 4.39 Å². The molecule has 0 radical (unpaired) electrons. The molecule has 1 aliphatic heterocycles. The second-order valence-electron chi connectivity index (χ2n) is 5.34. The monoisotopic (exact) mass is 296 g/mol. The predicted molar refractivity (Wildman–Crippen MR) is 84.7 cm³/mol. The summed E-state index contributed by atoms with van der Waals surface area (Å²) in [6.07, 6.45) is 0. The van der Waals surface area contributed by atoms with Gasteiger partial charge in [-0.3, -0.25) is 4.90 Å². The number of benzene rings is 1. The molecule has 1 saturated heterocycles. The number of hydrogen-bond acceptors (Lipinski definition) is 4. The molecule has 0 aromatic heterocycles. The summed E-state index contributed by atoms with van der Waals surface area (Å²) < 4.78 is 13.8. The number of anilines is 1. The number of piperazine rings is 1. The van der Waals surface area contributed by atoms with E-state index < -0.39 is 0 Å². The smallest absolute Gasteiger partial charge is 0.135 e. The Bertz CT molecular complexity index is 494. The molecule has 0 spiro atoms. The zero-order valence-electron chi connectivity index (χ0n) is 11.9. The fourth-order valence-electron chi connectivity index (χ4n) is 2.38. The Balaban J connectivity index is 1.97. The second-order valence-corrected chi connectivity index (χ2v) is 5.78. The van der Waals surface area contributed by atoms with Gasteiger partial charge in [0.05, 0.1) is 0 Å². The highest BCUT2D eigenvalue weighted by Crippen LogP contribution is 2.15. The summed E-state index contributed by atoms with van der Waals surface area (Å²) in [7, 11) is 4.24. The molecule has 0 bridgehead atoms. The van der Waals surface area contributed by atoms with Crippen molar-refractivity contribution in [2.75, 3.05) is 45.6 Å². The second kappa shape index (κ2) is 6.47. The molecule has 4 nitrogen and oxygen atoms in total. The Labute approximate surface area is 124 Å². The van der Waals surface area contributed by atoms with Crippen LogP contribution in [0.1, 0.15) is 5.56 Å². The van der Waals surface area contributed by atoms with Crippen molar-refractivity contribution >= 4 is 22.9 Å². The summed E-state index contributed by atoms with van der Waals surface area (Å²) in [4.78, 5) is 4.72. The Kier molecular flexibility index (Phi) is 4.91. The summed E-state index contributed by atoms with van der Waals surface area (Å²) in [6, 6.07) is 5.30. The molecule has 1 atom stereocenters. The van der Waals surface area contributed by atoms with Gasteiger partial charge in [-0.05, 0) is 32.3 Å². The Morgan fingerprint density at radius 2 is 2.20 bits per heavy atom. The predicted octanol–water partition coefficient (Wildman–Crippen LogP) is 1.12. The number of hydrogen-bond donors (Lipinski definition) is 2. The highest BCUT2D eigenvalue weighted by Gasteiger charge is 2.21. The number of halogens is 1. The third kappa shape index (κ3) is 3.65. The maximum absolute atomic E-state index is 13.8. The van der Waals surface area contributed by atoms with Gasteiger partial charge in [-0.15, -0.1) is 0 Å². The van der Waals surface area contributed by atoms with E-state index in [-0.39, 0.29) is 10.8 Å². The van der Waals surface area contributed by atoms with Crippen molar-refractivity contribution < 1.29 is 4.39 Å². The van der Waals surface area contributed by atoms with E-state index in [4.69, 9.17) is 18.0 Å². The van der Waals surface area contributed by atoms with Gasteiger partial charge in [-0.2, -0.15) is 0 Å². The first kappa shape index (κ1) is 15.2. The van der Waals surface area contributed by atoms with E-state index in [1.54, 1.807) is 6.07 Å². The first-order valence-electron chi connectivity index (χ1n) is 6.69. The fourth-order valence-corrected chi connectivity index (χ4v) is 2.55. The van der Waals surface area contributed by atoms with Gasteiger partial charge in [-0.25, -0.2) is 4.39 Å². The Morgan fingerprint density at radius 3 is 2.85 bits per heavy atom. The van der Waals surface area contributed by atoms with Crippen LogP contribution in [-0.2, 0) is 0 Å². The fraction of sp³-hybridized carbons (Fsp3) is 0.500. The molecule has 0 aliphatic carbocycles. The molecule has 0 saturated carbocycles. The lowest BCUT2D eigenvalue weighted by atomic mass is 10.1. The van der Waals surface area contributed by atoms with Crippen LogP contribution in [0, 0.1) is 5.82 Å². The number of rotatable bonds is 4. The van der Waals surface area contributed by atoms with Crippen molar-refractivity contribution in [2.24, 2.45) is 5.73 Å². The molecule has 2 rings (SSSR count). The number of likely N-dealkylation sites (N-methyl/N-ethyl adjacent to an activating group) is 2. The van der Waals surface area contributed by atoms with E-state index in [0.717, 1.165) is 31.9 Å². The van der Waals surface area contributed by atoms with Crippen molar-refractivity contribution in [3.8, 4) is 0 Å². The van der Waals surface area contributed by atoms with E-state index in [1.807, 2.05) is 6.07 Å². The zero-order valence-corrected chi connectivity index (χ0v) is 12.7. The zero-order chi connectivity index (χ0) is 14.7. The summed E-state index contributed by atoms with van der Waals surface area (Å²) in [5.74, 6) is -0.378. The molecule has 6 heteroatoms. The molecule has 1 aliphatic rings.